The van der Waals surface area contributed by atoms with Crippen molar-refractivity contribution in [3.63, 3.8) is 0 Å². The van der Waals surface area contributed by atoms with Crippen LogP contribution in [0.4, 0.5) is 0 Å². The van der Waals surface area contributed by atoms with Crippen molar-refractivity contribution in [1.82, 2.24) is 4.90 Å². The van der Waals surface area contributed by atoms with Gasteiger partial charge in [-0.2, -0.15) is 0 Å². The number of carbonyl (C=O) groups is 1. The molecule has 1 amide bonds. The number of nitrogens with two attached hydrogens (primary N) is 1. The molecule has 4 nitrogen and oxygen atoms in total. The minimum absolute atomic E-state index is 0.0319. The Kier molecular flexibility index (Phi) is 4.12. The van der Waals surface area contributed by atoms with E-state index < -0.39 is 5.54 Å². The molecule has 90 valence electrons. The van der Waals surface area contributed by atoms with Gasteiger partial charge in [0.15, 0.2) is 0 Å². The first kappa shape index (κ1) is 12.8. The van der Waals surface area contributed by atoms with E-state index in [0.717, 1.165) is 12.0 Å². The molecule has 0 radical (unpaired) electrons. The fraction of sp³-hybridized carbons (Fsp3) is 0.583. The van der Waals surface area contributed by atoms with Gasteiger partial charge in [0.2, 0.25) is 5.91 Å². The lowest BCUT2D eigenvalue weighted by Gasteiger charge is -2.28. The van der Waals surface area contributed by atoms with Crippen LogP contribution >= 0.6 is 0 Å². The van der Waals surface area contributed by atoms with E-state index in [0.29, 0.717) is 13.0 Å². The zero-order chi connectivity index (χ0) is 12.2. The van der Waals surface area contributed by atoms with Crippen molar-refractivity contribution in [2.24, 2.45) is 5.73 Å². The molecular formula is C12H20N2O2. The van der Waals surface area contributed by atoms with Crippen molar-refractivity contribution in [2.45, 2.75) is 38.8 Å². The largest absolute Gasteiger partial charge is 0.472 e. The zero-order valence-electron chi connectivity index (χ0n) is 10.2. The predicted octanol–water partition coefficient (Wildman–Crippen LogP) is 1.76. The Bertz CT molecular complexity index is 331. The van der Waals surface area contributed by atoms with Gasteiger partial charge in [-0.15, -0.1) is 0 Å². The molecule has 0 aliphatic rings. The van der Waals surface area contributed by atoms with Crippen LogP contribution in [-0.2, 0) is 11.3 Å². The molecule has 4 heteroatoms. The second kappa shape index (κ2) is 5.16. The predicted molar refractivity (Wildman–Crippen MR) is 62.7 cm³/mol. The van der Waals surface area contributed by atoms with Crippen LogP contribution in [0, 0.1) is 0 Å². The van der Waals surface area contributed by atoms with Gasteiger partial charge < -0.3 is 15.1 Å². The monoisotopic (exact) mass is 224 g/mol. The van der Waals surface area contributed by atoms with E-state index in [2.05, 4.69) is 0 Å². The molecule has 0 aliphatic carbocycles. The summed E-state index contributed by atoms with van der Waals surface area (Å²) >= 11 is 0. The van der Waals surface area contributed by atoms with E-state index in [9.17, 15) is 4.79 Å². The molecule has 0 fully saturated rings. The van der Waals surface area contributed by atoms with Gasteiger partial charge in [-0.25, -0.2) is 0 Å². The summed E-state index contributed by atoms with van der Waals surface area (Å²) in [5.74, 6) is -0.0319. The first-order valence-electron chi connectivity index (χ1n) is 5.53. The van der Waals surface area contributed by atoms with Crippen molar-refractivity contribution in [2.75, 3.05) is 7.05 Å². The molecule has 0 spiro atoms. The smallest absolute Gasteiger partial charge is 0.242 e. The van der Waals surface area contributed by atoms with Gasteiger partial charge in [0.1, 0.15) is 0 Å². The van der Waals surface area contributed by atoms with Gasteiger partial charge in [0.05, 0.1) is 18.1 Å². The van der Waals surface area contributed by atoms with Crippen LogP contribution < -0.4 is 5.73 Å². The van der Waals surface area contributed by atoms with E-state index in [1.807, 2.05) is 13.0 Å². The first-order valence-corrected chi connectivity index (χ1v) is 5.53. The third-order valence-corrected chi connectivity index (χ3v) is 2.60. The maximum Gasteiger partial charge on any atom is 0.242 e. The molecular weight excluding hydrogens is 204 g/mol. The number of rotatable bonds is 5. The Morgan fingerprint density at radius 2 is 2.31 bits per heavy atom. The first-order chi connectivity index (χ1) is 7.47. The summed E-state index contributed by atoms with van der Waals surface area (Å²) in [5.41, 5.74) is 6.19. The number of carbonyl (C=O) groups excluding carboxylic acids is 1. The number of amides is 1. The van der Waals surface area contributed by atoms with Gasteiger partial charge >= 0.3 is 0 Å². The molecule has 0 bridgehead atoms. The number of nitrogens with zero attached hydrogens (tertiary/aromatic N) is 1. The molecule has 1 unspecified atom stereocenters. The Morgan fingerprint density at radius 3 is 2.81 bits per heavy atom. The van der Waals surface area contributed by atoms with Crippen molar-refractivity contribution in [3.05, 3.63) is 24.2 Å². The third-order valence-electron chi connectivity index (χ3n) is 2.60. The lowest BCUT2D eigenvalue weighted by Crippen LogP contribution is -2.51. The number of hydrogen-bond donors (Lipinski definition) is 1. The molecule has 2 N–H and O–H groups in total. The number of hydrogen-bond acceptors (Lipinski definition) is 3. The molecule has 1 aromatic rings. The van der Waals surface area contributed by atoms with Crippen LogP contribution in [0.25, 0.3) is 0 Å². The molecule has 16 heavy (non-hydrogen) atoms. The maximum absolute atomic E-state index is 12.1. The minimum Gasteiger partial charge on any atom is -0.472 e. The molecule has 0 saturated heterocycles. The Hall–Kier alpha value is -1.29. The van der Waals surface area contributed by atoms with Crippen molar-refractivity contribution in [3.8, 4) is 0 Å². The fourth-order valence-corrected chi connectivity index (χ4v) is 1.79. The van der Waals surface area contributed by atoms with Crippen LogP contribution in [-0.4, -0.2) is 23.4 Å². The second-order valence-corrected chi connectivity index (χ2v) is 4.46. The number of furan rings is 1. The Balaban J connectivity index is 2.60. The SMILES string of the molecule is CCCC(C)(N)C(=O)N(C)Cc1ccoc1. The van der Waals surface area contributed by atoms with Crippen LogP contribution in [0.2, 0.25) is 0 Å². The summed E-state index contributed by atoms with van der Waals surface area (Å²) in [7, 11) is 1.76. The highest BCUT2D eigenvalue weighted by Gasteiger charge is 2.30. The van der Waals surface area contributed by atoms with Crippen molar-refractivity contribution >= 4 is 5.91 Å². The summed E-state index contributed by atoms with van der Waals surface area (Å²) < 4.78 is 4.96. The van der Waals surface area contributed by atoms with Crippen LogP contribution in [0.3, 0.4) is 0 Å². The van der Waals surface area contributed by atoms with Crippen LogP contribution in [0.15, 0.2) is 23.0 Å². The van der Waals surface area contributed by atoms with Gasteiger partial charge in [0.25, 0.3) is 0 Å². The van der Waals surface area contributed by atoms with Gasteiger partial charge in [-0.1, -0.05) is 13.3 Å². The summed E-state index contributed by atoms with van der Waals surface area (Å²) in [5, 5.41) is 0. The topological polar surface area (TPSA) is 59.5 Å². The van der Waals surface area contributed by atoms with E-state index >= 15 is 0 Å². The zero-order valence-corrected chi connectivity index (χ0v) is 10.2. The highest BCUT2D eigenvalue weighted by molar-refractivity contribution is 5.85. The Morgan fingerprint density at radius 1 is 1.62 bits per heavy atom. The summed E-state index contributed by atoms with van der Waals surface area (Å²) in [4.78, 5) is 13.7. The summed E-state index contributed by atoms with van der Waals surface area (Å²) in [6.45, 7) is 4.34. The molecule has 1 atom stereocenters. The number of likely N-dealkylation sites (N-methyl/N-ethyl adjacent to an activating group) is 1. The fourth-order valence-electron chi connectivity index (χ4n) is 1.79. The van der Waals surface area contributed by atoms with E-state index in [1.54, 1.807) is 31.4 Å². The molecule has 0 aliphatic heterocycles. The van der Waals surface area contributed by atoms with Gasteiger partial charge in [0, 0.05) is 19.2 Å². The standard InChI is InChI=1S/C12H20N2O2/c1-4-6-12(2,13)11(15)14(3)8-10-5-7-16-9-10/h5,7,9H,4,6,8,13H2,1-3H3. The van der Waals surface area contributed by atoms with Gasteiger partial charge in [-0.3, -0.25) is 4.79 Å². The van der Waals surface area contributed by atoms with E-state index in [1.165, 1.54) is 0 Å². The lowest BCUT2D eigenvalue weighted by atomic mass is 9.96. The highest BCUT2D eigenvalue weighted by atomic mass is 16.3. The second-order valence-electron chi connectivity index (χ2n) is 4.46. The Labute approximate surface area is 96.4 Å². The van der Waals surface area contributed by atoms with E-state index in [4.69, 9.17) is 10.2 Å². The third kappa shape index (κ3) is 3.10. The highest BCUT2D eigenvalue weighted by Crippen LogP contribution is 2.14. The summed E-state index contributed by atoms with van der Waals surface area (Å²) in [6, 6.07) is 1.84. The normalized spacial score (nSPS) is 14.5. The molecule has 1 rings (SSSR count). The lowest BCUT2D eigenvalue weighted by molar-refractivity contribution is -0.135. The van der Waals surface area contributed by atoms with Crippen molar-refractivity contribution < 1.29 is 9.21 Å². The van der Waals surface area contributed by atoms with Crippen LogP contribution in [0.1, 0.15) is 32.3 Å². The van der Waals surface area contributed by atoms with Gasteiger partial charge in [-0.05, 0) is 19.4 Å². The summed E-state index contributed by atoms with van der Waals surface area (Å²) in [6.07, 6.45) is 4.83. The maximum atomic E-state index is 12.1. The molecule has 0 aromatic carbocycles. The average Bonchev–Trinajstić information content (AvgIpc) is 2.69. The quantitative estimate of drug-likeness (QED) is 0.829. The van der Waals surface area contributed by atoms with E-state index in [-0.39, 0.29) is 5.91 Å². The minimum atomic E-state index is -0.771. The molecule has 1 aromatic heterocycles. The van der Waals surface area contributed by atoms with Crippen molar-refractivity contribution in [1.29, 1.82) is 0 Å². The van der Waals surface area contributed by atoms with Crippen LogP contribution in [0.5, 0.6) is 0 Å². The average molecular weight is 224 g/mol. The molecule has 1 heterocycles. The molecule has 0 saturated carbocycles.